The average Bonchev–Trinajstić information content (AvgIpc) is 3.21. The third-order valence-corrected chi connectivity index (χ3v) is 5.84. The van der Waals surface area contributed by atoms with E-state index in [1.54, 1.807) is 31.4 Å². The second kappa shape index (κ2) is 9.56. The van der Waals surface area contributed by atoms with E-state index in [0.29, 0.717) is 29.6 Å². The molecule has 4 rings (SSSR count). The SMILES string of the molecule is COc1cc(C(C)=O)ccc1OC[C@H](C)CN1CCN(c2n[nH]c3cc(F)ccc23)CC1. The molecule has 8 heteroatoms. The average molecular weight is 441 g/mol. The lowest BCUT2D eigenvalue weighted by molar-refractivity contribution is 0.101. The molecule has 0 amide bonds. The molecule has 170 valence electrons. The van der Waals surface area contributed by atoms with Crippen LogP contribution < -0.4 is 14.4 Å². The maximum absolute atomic E-state index is 13.4. The van der Waals surface area contributed by atoms with Gasteiger partial charge in [0.15, 0.2) is 23.1 Å². The van der Waals surface area contributed by atoms with Crippen molar-refractivity contribution in [3.8, 4) is 11.5 Å². The van der Waals surface area contributed by atoms with E-state index in [0.717, 1.165) is 49.4 Å². The van der Waals surface area contributed by atoms with Crippen LogP contribution in [0.1, 0.15) is 24.2 Å². The number of hydrogen-bond donors (Lipinski definition) is 1. The van der Waals surface area contributed by atoms with Crippen LogP contribution in [0.2, 0.25) is 0 Å². The summed E-state index contributed by atoms with van der Waals surface area (Å²) in [7, 11) is 1.58. The second-order valence-corrected chi connectivity index (χ2v) is 8.36. The Bertz CT molecular complexity index is 1090. The minimum Gasteiger partial charge on any atom is -0.493 e. The van der Waals surface area contributed by atoms with Gasteiger partial charge in [0.2, 0.25) is 0 Å². The van der Waals surface area contributed by atoms with Gasteiger partial charge in [0, 0.05) is 49.6 Å². The number of anilines is 1. The standard InChI is InChI=1S/C24H29FN4O3/c1-16(15-32-22-7-4-18(17(2)30)12-23(22)31-3)14-28-8-10-29(11-9-28)24-20-6-5-19(25)13-21(20)26-27-24/h4-7,12-13,16H,8-11,14-15H2,1-3H3,(H,26,27)/t16-/m1/s1. The Hall–Kier alpha value is -3.13. The van der Waals surface area contributed by atoms with Crippen LogP contribution in [0.3, 0.4) is 0 Å². The summed E-state index contributed by atoms with van der Waals surface area (Å²) in [6.07, 6.45) is 0. The molecule has 0 radical (unpaired) electrons. The number of ketones is 1. The van der Waals surface area contributed by atoms with Crippen molar-refractivity contribution < 1.29 is 18.7 Å². The summed E-state index contributed by atoms with van der Waals surface area (Å²) in [5, 5.41) is 8.29. The number of H-pyrrole nitrogens is 1. The van der Waals surface area contributed by atoms with Gasteiger partial charge in [-0.1, -0.05) is 6.92 Å². The summed E-state index contributed by atoms with van der Waals surface area (Å²) in [6, 6.07) is 10.0. The molecule has 3 aromatic rings. The van der Waals surface area contributed by atoms with Crippen LogP contribution in [0.15, 0.2) is 36.4 Å². The van der Waals surface area contributed by atoms with E-state index in [9.17, 15) is 9.18 Å². The first kappa shape index (κ1) is 22.1. The van der Waals surface area contributed by atoms with Gasteiger partial charge in [0.1, 0.15) is 5.82 Å². The van der Waals surface area contributed by atoms with E-state index in [1.807, 2.05) is 0 Å². The van der Waals surface area contributed by atoms with Crippen molar-refractivity contribution in [3.63, 3.8) is 0 Å². The van der Waals surface area contributed by atoms with Crippen molar-refractivity contribution in [3.05, 3.63) is 47.8 Å². The summed E-state index contributed by atoms with van der Waals surface area (Å²) in [6.45, 7) is 8.77. The number of halogens is 1. The Kier molecular flexibility index (Phi) is 6.60. The Morgan fingerprint density at radius 1 is 1.16 bits per heavy atom. The topological polar surface area (TPSA) is 70.7 Å². The molecule has 7 nitrogen and oxygen atoms in total. The minimum atomic E-state index is -0.263. The molecule has 1 aromatic heterocycles. The van der Waals surface area contributed by atoms with Gasteiger partial charge in [-0.3, -0.25) is 14.8 Å². The van der Waals surface area contributed by atoms with Crippen molar-refractivity contribution in [2.45, 2.75) is 13.8 Å². The van der Waals surface area contributed by atoms with Crippen molar-refractivity contribution in [2.75, 3.05) is 51.3 Å². The van der Waals surface area contributed by atoms with E-state index < -0.39 is 0 Å². The second-order valence-electron chi connectivity index (χ2n) is 8.36. The fourth-order valence-corrected chi connectivity index (χ4v) is 4.09. The number of hydrogen-bond acceptors (Lipinski definition) is 6. The zero-order chi connectivity index (χ0) is 22.7. The van der Waals surface area contributed by atoms with Crippen molar-refractivity contribution in [1.82, 2.24) is 15.1 Å². The predicted octanol–water partition coefficient (Wildman–Crippen LogP) is 3.75. The lowest BCUT2D eigenvalue weighted by Crippen LogP contribution is -2.48. The lowest BCUT2D eigenvalue weighted by atomic mass is 10.1. The highest BCUT2D eigenvalue weighted by atomic mass is 19.1. The molecule has 0 saturated carbocycles. The first-order valence-electron chi connectivity index (χ1n) is 10.9. The van der Waals surface area contributed by atoms with Crippen LogP contribution in [-0.4, -0.2) is 67.3 Å². The van der Waals surface area contributed by atoms with Crippen molar-refractivity contribution >= 4 is 22.5 Å². The zero-order valence-corrected chi connectivity index (χ0v) is 18.7. The monoisotopic (exact) mass is 440 g/mol. The van der Waals surface area contributed by atoms with Crippen molar-refractivity contribution in [2.24, 2.45) is 5.92 Å². The predicted molar refractivity (Wildman–Crippen MR) is 122 cm³/mol. The number of carbonyl (C=O) groups excluding carboxylic acids is 1. The highest BCUT2D eigenvalue weighted by Gasteiger charge is 2.22. The fraction of sp³-hybridized carbons (Fsp3) is 0.417. The van der Waals surface area contributed by atoms with Crippen molar-refractivity contribution in [1.29, 1.82) is 0 Å². The van der Waals surface area contributed by atoms with E-state index >= 15 is 0 Å². The Balaban J connectivity index is 1.28. The van der Waals surface area contributed by atoms with Crippen LogP contribution in [0.25, 0.3) is 10.9 Å². The fourth-order valence-electron chi connectivity index (χ4n) is 4.09. The number of ether oxygens (including phenoxy) is 2. The van der Waals surface area contributed by atoms with Crippen LogP contribution >= 0.6 is 0 Å². The first-order chi connectivity index (χ1) is 15.4. The van der Waals surface area contributed by atoms with Gasteiger partial charge in [0.25, 0.3) is 0 Å². The Labute approximate surface area is 187 Å². The molecule has 1 aliphatic heterocycles. The van der Waals surface area contributed by atoms with Crippen LogP contribution in [0.4, 0.5) is 10.2 Å². The highest BCUT2D eigenvalue weighted by molar-refractivity contribution is 5.94. The Morgan fingerprint density at radius 3 is 2.66 bits per heavy atom. The molecule has 0 unspecified atom stereocenters. The van der Waals surface area contributed by atoms with Gasteiger partial charge < -0.3 is 14.4 Å². The lowest BCUT2D eigenvalue weighted by Gasteiger charge is -2.36. The molecule has 1 aliphatic rings. The van der Waals surface area contributed by atoms with Crippen LogP contribution in [0, 0.1) is 11.7 Å². The van der Waals surface area contributed by atoms with Gasteiger partial charge in [-0.25, -0.2) is 4.39 Å². The molecule has 32 heavy (non-hydrogen) atoms. The largest absolute Gasteiger partial charge is 0.493 e. The molecule has 2 aromatic carbocycles. The number of benzene rings is 2. The molecule has 0 spiro atoms. The van der Waals surface area contributed by atoms with Crippen LogP contribution in [0.5, 0.6) is 11.5 Å². The third-order valence-electron chi connectivity index (χ3n) is 5.84. The van der Waals surface area contributed by atoms with E-state index in [1.165, 1.54) is 19.1 Å². The number of carbonyl (C=O) groups is 1. The first-order valence-corrected chi connectivity index (χ1v) is 10.9. The molecule has 1 saturated heterocycles. The summed E-state index contributed by atoms with van der Waals surface area (Å²) >= 11 is 0. The third kappa shape index (κ3) is 4.85. The summed E-state index contributed by atoms with van der Waals surface area (Å²) in [5.41, 5.74) is 1.33. The summed E-state index contributed by atoms with van der Waals surface area (Å²) < 4.78 is 24.8. The maximum Gasteiger partial charge on any atom is 0.161 e. The molecule has 2 heterocycles. The number of nitrogens with one attached hydrogen (secondary N) is 1. The number of aromatic amines is 1. The number of Topliss-reactive ketones (excluding diaryl/α,β-unsaturated/α-hetero) is 1. The highest BCUT2D eigenvalue weighted by Crippen LogP contribution is 2.29. The number of methoxy groups -OCH3 is 1. The van der Waals surface area contributed by atoms with E-state index in [2.05, 4.69) is 26.9 Å². The number of piperazine rings is 1. The van der Waals surface area contributed by atoms with Gasteiger partial charge in [-0.2, -0.15) is 5.10 Å². The van der Waals surface area contributed by atoms with Gasteiger partial charge >= 0.3 is 0 Å². The molecular formula is C24H29FN4O3. The number of aromatic nitrogens is 2. The minimum absolute atomic E-state index is 0.00244. The van der Waals surface area contributed by atoms with E-state index in [-0.39, 0.29) is 11.6 Å². The van der Waals surface area contributed by atoms with E-state index in [4.69, 9.17) is 9.47 Å². The van der Waals surface area contributed by atoms with Gasteiger partial charge in [0.05, 0.1) is 19.2 Å². The van der Waals surface area contributed by atoms with Gasteiger partial charge in [-0.15, -0.1) is 0 Å². The normalized spacial score (nSPS) is 15.7. The number of fused-ring (bicyclic) bond motifs is 1. The Morgan fingerprint density at radius 2 is 1.94 bits per heavy atom. The number of rotatable bonds is 8. The molecule has 1 fully saturated rings. The summed E-state index contributed by atoms with van der Waals surface area (Å²) in [5.74, 6) is 2.17. The molecular weight excluding hydrogens is 411 g/mol. The summed E-state index contributed by atoms with van der Waals surface area (Å²) in [4.78, 5) is 16.2. The quantitative estimate of drug-likeness (QED) is 0.538. The molecule has 1 atom stereocenters. The van der Waals surface area contributed by atoms with Crippen LogP contribution in [-0.2, 0) is 0 Å². The zero-order valence-electron chi connectivity index (χ0n) is 18.7. The number of nitrogens with zero attached hydrogens (tertiary/aromatic N) is 3. The molecule has 1 N–H and O–H groups in total. The molecule has 0 bridgehead atoms. The maximum atomic E-state index is 13.4. The smallest absolute Gasteiger partial charge is 0.161 e. The van der Waals surface area contributed by atoms with Gasteiger partial charge in [-0.05, 0) is 43.3 Å². The molecule has 0 aliphatic carbocycles.